The zero-order valence-corrected chi connectivity index (χ0v) is 9.84. The lowest BCUT2D eigenvalue weighted by Crippen LogP contribution is -2.30. The van der Waals surface area contributed by atoms with E-state index in [1.54, 1.807) is 12.1 Å². The Hall–Kier alpha value is -1.15. The molecule has 4 N–H and O–H groups in total. The minimum atomic E-state index is -3.69. The summed E-state index contributed by atoms with van der Waals surface area (Å²) in [7, 11) is -3.69. The van der Waals surface area contributed by atoms with Gasteiger partial charge in [0, 0.05) is 18.8 Å². The summed E-state index contributed by atoms with van der Waals surface area (Å²) in [6.07, 6.45) is -2.07. The topological polar surface area (TPSA) is 104 Å². The second-order valence-electron chi connectivity index (χ2n) is 4.03. The van der Waals surface area contributed by atoms with E-state index in [9.17, 15) is 18.6 Å². The fourth-order valence-corrected chi connectivity index (χ4v) is 3.29. The smallest absolute Gasteiger partial charge is 0.243 e. The van der Waals surface area contributed by atoms with Crippen molar-refractivity contribution >= 4 is 15.7 Å². The molecular formula is C10H14N2O4S. The van der Waals surface area contributed by atoms with Crippen LogP contribution in [0.2, 0.25) is 0 Å². The van der Waals surface area contributed by atoms with Gasteiger partial charge in [0.15, 0.2) is 0 Å². The number of aliphatic hydroxyl groups excluding tert-OH is 2. The van der Waals surface area contributed by atoms with Crippen LogP contribution in [0.3, 0.4) is 0 Å². The van der Waals surface area contributed by atoms with Crippen molar-refractivity contribution < 1.29 is 18.6 Å². The third kappa shape index (κ3) is 2.27. The van der Waals surface area contributed by atoms with Crippen LogP contribution in [0.25, 0.3) is 0 Å². The van der Waals surface area contributed by atoms with Crippen LogP contribution in [0.15, 0.2) is 29.2 Å². The summed E-state index contributed by atoms with van der Waals surface area (Å²) >= 11 is 0. The third-order valence-corrected chi connectivity index (χ3v) is 4.55. The van der Waals surface area contributed by atoms with E-state index in [4.69, 9.17) is 5.73 Å². The first-order valence-electron chi connectivity index (χ1n) is 5.13. The molecule has 6 nitrogen and oxygen atoms in total. The van der Waals surface area contributed by atoms with Gasteiger partial charge < -0.3 is 15.9 Å². The molecule has 7 heteroatoms. The monoisotopic (exact) mass is 258 g/mol. The first-order chi connectivity index (χ1) is 7.91. The number of aliphatic hydroxyl groups is 2. The number of rotatable bonds is 2. The molecule has 0 spiro atoms. The lowest BCUT2D eigenvalue weighted by molar-refractivity contribution is 0.0572. The van der Waals surface area contributed by atoms with Crippen LogP contribution >= 0.6 is 0 Å². The highest BCUT2D eigenvalue weighted by molar-refractivity contribution is 7.89. The standard InChI is InChI=1S/C10H14N2O4S/c11-7-2-1-3-8(4-7)17(15,16)12-5-9(13)10(14)6-12/h1-4,9-10,13-14H,5-6,11H2/t9-,10+. The molecule has 1 aliphatic heterocycles. The number of β-amino-alcohol motifs (C(OH)–C–C–N with tert-alkyl or cyclic N) is 2. The van der Waals surface area contributed by atoms with Crippen LogP contribution in [0.1, 0.15) is 0 Å². The van der Waals surface area contributed by atoms with Gasteiger partial charge >= 0.3 is 0 Å². The molecule has 94 valence electrons. The number of hydrogen-bond donors (Lipinski definition) is 3. The first-order valence-corrected chi connectivity index (χ1v) is 6.57. The van der Waals surface area contributed by atoms with Gasteiger partial charge in [-0.25, -0.2) is 8.42 Å². The van der Waals surface area contributed by atoms with Gasteiger partial charge in [0.25, 0.3) is 0 Å². The highest BCUT2D eigenvalue weighted by Crippen LogP contribution is 2.22. The van der Waals surface area contributed by atoms with E-state index in [1.807, 2.05) is 0 Å². The van der Waals surface area contributed by atoms with Crippen LogP contribution in [0.4, 0.5) is 5.69 Å². The fourth-order valence-electron chi connectivity index (χ4n) is 1.76. The van der Waals surface area contributed by atoms with Gasteiger partial charge in [-0.15, -0.1) is 0 Å². The number of nitrogens with two attached hydrogens (primary N) is 1. The molecule has 0 amide bonds. The van der Waals surface area contributed by atoms with Gasteiger partial charge in [0.1, 0.15) is 0 Å². The van der Waals surface area contributed by atoms with E-state index >= 15 is 0 Å². The highest BCUT2D eigenvalue weighted by atomic mass is 32.2. The predicted octanol–water partition coefficient (Wildman–Crippen LogP) is -1.01. The molecule has 2 rings (SSSR count). The Balaban J connectivity index is 2.32. The molecule has 1 saturated heterocycles. The molecule has 1 aromatic carbocycles. The SMILES string of the molecule is Nc1cccc(S(=O)(=O)N2C[C@@H](O)[C@@H](O)C2)c1. The minimum absolute atomic E-state index is 0.0683. The molecule has 0 aliphatic carbocycles. The first kappa shape index (κ1) is 12.3. The van der Waals surface area contributed by atoms with Gasteiger partial charge in [-0.05, 0) is 18.2 Å². The molecule has 1 aromatic rings. The Bertz CT molecular complexity index is 507. The number of nitrogens with zero attached hydrogens (tertiary/aromatic N) is 1. The van der Waals surface area contributed by atoms with E-state index in [1.165, 1.54) is 12.1 Å². The van der Waals surface area contributed by atoms with Crippen molar-refractivity contribution in [2.24, 2.45) is 0 Å². The minimum Gasteiger partial charge on any atom is -0.399 e. The summed E-state index contributed by atoms with van der Waals surface area (Å²) in [4.78, 5) is 0.0683. The molecule has 1 fully saturated rings. The number of nitrogen functional groups attached to an aromatic ring is 1. The van der Waals surface area contributed by atoms with Crippen molar-refractivity contribution in [3.63, 3.8) is 0 Å². The lowest BCUT2D eigenvalue weighted by atomic mass is 10.3. The van der Waals surface area contributed by atoms with E-state index in [2.05, 4.69) is 0 Å². The Morgan fingerprint density at radius 2 is 1.82 bits per heavy atom. The quantitative estimate of drug-likeness (QED) is 0.590. The Kier molecular flexibility index (Phi) is 3.09. The highest BCUT2D eigenvalue weighted by Gasteiger charge is 2.37. The molecule has 0 radical (unpaired) electrons. The van der Waals surface area contributed by atoms with Crippen LogP contribution in [-0.4, -0.2) is 48.2 Å². The van der Waals surface area contributed by atoms with Gasteiger partial charge in [0.05, 0.1) is 17.1 Å². The van der Waals surface area contributed by atoms with Gasteiger partial charge in [0.2, 0.25) is 10.0 Å². The number of hydrogen-bond acceptors (Lipinski definition) is 5. The molecule has 1 heterocycles. The van der Waals surface area contributed by atoms with E-state index in [0.29, 0.717) is 5.69 Å². The predicted molar refractivity (Wildman–Crippen MR) is 61.6 cm³/mol. The summed E-state index contributed by atoms with van der Waals surface area (Å²) < 4.78 is 25.3. The third-order valence-electron chi connectivity index (χ3n) is 2.72. The maximum Gasteiger partial charge on any atom is 0.243 e. The Morgan fingerprint density at radius 3 is 2.35 bits per heavy atom. The summed E-state index contributed by atoms with van der Waals surface area (Å²) in [6, 6.07) is 5.92. The maximum absolute atomic E-state index is 12.1. The van der Waals surface area contributed by atoms with Crippen molar-refractivity contribution in [1.29, 1.82) is 0 Å². The van der Waals surface area contributed by atoms with Crippen LogP contribution < -0.4 is 5.73 Å². The molecule has 0 saturated carbocycles. The average Bonchev–Trinajstić information content (AvgIpc) is 2.60. The normalized spacial score (nSPS) is 26.2. The summed E-state index contributed by atoms with van der Waals surface area (Å²) in [5.74, 6) is 0. The second kappa shape index (κ2) is 4.26. The average molecular weight is 258 g/mol. The number of anilines is 1. The van der Waals surface area contributed by atoms with Crippen molar-refractivity contribution in [3.8, 4) is 0 Å². The Morgan fingerprint density at radius 1 is 1.24 bits per heavy atom. The second-order valence-corrected chi connectivity index (χ2v) is 5.97. The van der Waals surface area contributed by atoms with Crippen molar-refractivity contribution in [2.45, 2.75) is 17.1 Å². The molecule has 0 aromatic heterocycles. The number of sulfonamides is 1. The van der Waals surface area contributed by atoms with E-state index < -0.39 is 22.2 Å². The van der Waals surface area contributed by atoms with Crippen molar-refractivity contribution in [2.75, 3.05) is 18.8 Å². The summed E-state index contributed by atoms with van der Waals surface area (Å²) in [5, 5.41) is 18.7. The molecule has 0 bridgehead atoms. The molecular weight excluding hydrogens is 244 g/mol. The summed E-state index contributed by atoms with van der Waals surface area (Å²) in [5.41, 5.74) is 5.88. The van der Waals surface area contributed by atoms with E-state index in [-0.39, 0.29) is 18.0 Å². The van der Waals surface area contributed by atoms with Gasteiger partial charge in [-0.1, -0.05) is 6.07 Å². The van der Waals surface area contributed by atoms with Crippen LogP contribution in [-0.2, 0) is 10.0 Å². The summed E-state index contributed by atoms with van der Waals surface area (Å²) in [6.45, 7) is -0.198. The molecule has 0 unspecified atom stereocenters. The van der Waals surface area contributed by atoms with Crippen molar-refractivity contribution in [1.82, 2.24) is 4.31 Å². The zero-order chi connectivity index (χ0) is 12.6. The van der Waals surface area contributed by atoms with Crippen LogP contribution in [0, 0.1) is 0 Å². The fraction of sp³-hybridized carbons (Fsp3) is 0.400. The Labute approximate surface area is 99.3 Å². The van der Waals surface area contributed by atoms with Crippen LogP contribution in [0.5, 0.6) is 0 Å². The number of benzene rings is 1. The molecule has 17 heavy (non-hydrogen) atoms. The van der Waals surface area contributed by atoms with E-state index in [0.717, 1.165) is 4.31 Å². The molecule has 1 aliphatic rings. The maximum atomic E-state index is 12.1. The van der Waals surface area contributed by atoms with Gasteiger partial charge in [-0.3, -0.25) is 0 Å². The zero-order valence-electron chi connectivity index (χ0n) is 9.02. The van der Waals surface area contributed by atoms with Crippen molar-refractivity contribution in [3.05, 3.63) is 24.3 Å². The largest absolute Gasteiger partial charge is 0.399 e. The molecule has 2 atom stereocenters. The lowest BCUT2D eigenvalue weighted by Gasteiger charge is -2.15. The van der Waals surface area contributed by atoms with Gasteiger partial charge in [-0.2, -0.15) is 4.31 Å².